The summed E-state index contributed by atoms with van der Waals surface area (Å²) in [7, 11) is 0. The molecule has 1 atom stereocenters. The Labute approximate surface area is 193 Å². The number of amides is 1. The molecular formula is C27H30N2O4. The maximum Gasteiger partial charge on any atom is 0.339 e. The van der Waals surface area contributed by atoms with Gasteiger partial charge in [-0.25, -0.2) is 4.79 Å². The van der Waals surface area contributed by atoms with Gasteiger partial charge in [-0.05, 0) is 62.3 Å². The van der Waals surface area contributed by atoms with Crippen molar-refractivity contribution in [3.63, 3.8) is 0 Å². The molecule has 2 heterocycles. The molecule has 1 N–H and O–H groups in total. The minimum atomic E-state index is -0.633. The quantitative estimate of drug-likeness (QED) is 0.583. The van der Waals surface area contributed by atoms with E-state index in [4.69, 9.17) is 9.15 Å². The van der Waals surface area contributed by atoms with E-state index in [-0.39, 0.29) is 17.6 Å². The number of carbonyl (C=O) groups is 1. The lowest BCUT2D eigenvalue weighted by Gasteiger charge is -2.32. The first-order valence-corrected chi connectivity index (χ1v) is 11.9. The summed E-state index contributed by atoms with van der Waals surface area (Å²) in [5.74, 6) is 0.413. The fourth-order valence-electron chi connectivity index (χ4n) is 4.99. The number of nitrogens with zero attached hydrogens (tertiary/aromatic N) is 1. The fourth-order valence-corrected chi connectivity index (χ4v) is 4.99. The van der Waals surface area contributed by atoms with Crippen LogP contribution in [0.25, 0.3) is 11.0 Å². The van der Waals surface area contributed by atoms with Crippen molar-refractivity contribution in [2.24, 2.45) is 0 Å². The maximum absolute atomic E-state index is 12.7. The Bertz CT molecular complexity index is 1200. The number of carbonyl (C=O) groups excluding carboxylic acids is 1. The van der Waals surface area contributed by atoms with E-state index < -0.39 is 6.10 Å². The predicted octanol–water partition coefficient (Wildman–Crippen LogP) is 3.83. The van der Waals surface area contributed by atoms with Gasteiger partial charge in [0.2, 0.25) is 0 Å². The highest BCUT2D eigenvalue weighted by Crippen LogP contribution is 2.30. The minimum absolute atomic E-state index is 0.119. The SMILES string of the molecule is C[C@@H](Oc1ccc2c3c(c(=O)oc2c1)CCC3)C(=O)NC1CCN(Cc2ccccc2)CC1. The summed E-state index contributed by atoms with van der Waals surface area (Å²) in [4.78, 5) is 27.4. The average molecular weight is 447 g/mol. The number of likely N-dealkylation sites (tertiary alicyclic amines) is 1. The summed E-state index contributed by atoms with van der Waals surface area (Å²) >= 11 is 0. The van der Waals surface area contributed by atoms with Crippen LogP contribution in [0.4, 0.5) is 0 Å². The molecule has 0 unspecified atom stereocenters. The van der Waals surface area contributed by atoms with Crippen LogP contribution in [0.5, 0.6) is 5.75 Å². The topological polar surface area (TPSA) is 71.8 Å². The molecule has 33 heavy (non-hydrogen) atoms. The smallest absolute Gasteiger partial charge is 0.339 e. The van der Waals surface area contributed by atoms with Gasteiger partial charge in [0.15, 0.2) is 6.10 Å². The summed E-state index contributed by atoms with van der Waals surface area (Å²) in [6.45, 7) is 4.62. The summed E-state index contributed by atoms with van der Waals surface area (Å²) in [6, 6.07) is 16.1. The molecule has 1 aliphatic carbocycles. The van der Waals surface area contributed by atoms with Crippen molar-refractivity contribution in [2.45, 2.75) is 57.7 Å². The van der Waals surface area contributed by atoms with E-state index in [1.54, 1.807) is 13.0 Å². The van der Waals surface area contributed by atoms with Crippen LogP contribution >= 0.6 is 0 Å². The molecule has 0 spiro atoms. The molecule has 172 valence electrons. The first kappa shape index (κ1) is 21.7. The molecule has 1 saturated heterocycles. The van der Waals surface area contributed by atoms with Gasteiger partial charge < -0.3 is 14.5 Å². The van der Waals surface area contributed by atoms with Crippen LogP contribution in [0.1, 0.15) is 42.9 Å². The van der Waals surface area contributed by atoms with Crippen LogP contribution in [0, 0.1) is 0 Å². The van der Waals surface area contributed by atoms with Gasteiger partial charge in [-0.1, -0.05) is 30.3 Å². The van der Waals surface area contributed by atoms with Crippen molar-refractivity contribution < 1.29 is 13.9 Å². The standard InChI is InChI=1S/C27H30N2O4/c1-18(26(30)28-20-12-14-29(15-13-20)17-19-6-3-2-4-7-19)32-21-10-11-23-22-8-5-9-24(22)27(31)33-25(23)16-21/h2-4,6-7,10-11,16,18,20H,5,8-9,12-15,17H2,1H3,(H,28,30)/t18-/m1/s1. The van der Waals surface area contributed by atoms with Crippen molar-refractivity contribution >= 4 is 16.9 Å². The molecule has 0 radical (unpaired) electrons. The van der Waals surface area contributed by atoms with Gasteiger partial charge in [0.1, 0.15) is 11.3 Å². The lowest BCUT2D eigenvalue weighted by molar-refractivity contribution is -0.128. The molecule has 5 rings (SSSR count). The fraction of sp³-hybridized carbons (Fsp3) is 0.407. The lowest BCUT2D eigenvalue weighted by Crippen LogP contribution is -2.47. The zero-order valence-electron chi connectivity index (χ0n) is 19.0. The highest BCUT2D eigenvalue weighted by molar-refractivity contribution is 5.84. The normalized spacial score (nSPS) is 17.6. The van der Waals surface area contributed by atoms with Gasteiger partial charge in [0.25, 0.3) is 5.91 Å². The second kappa shape index (κ2) is 9.40. The third kappa shape index (κ3) is 4.81. The molecule has 1 aliphatic heterocycles. The van der Waals surface area contributed by atoms with Gasteiger partial charge >= 0.3 is 5.63 Å². The molecule has 6 nitrogen and oxygen atoms in total. The van der Waals surface area contributed by atoms with E-state index in [0.29, 0.717) is 11.3 Å². The highest BCUT2D eigenvalue weighted by Gasteiger charge is 2.24. The van der Waals surface area contributed by atoms with Gasteiger partial charge in [-0.15, -0.1) is 0 Å². The Balaban J connectivity index is 1.16. The maximum atomic E-state index is 12.7. The molecule has 2 aromatic carbocycles. The molecule has 0 saturated carbocycles. The van der Waals surface area contributed by atoms with E-state index in [0.717, 1.165) is 68.3 Å². The summed E-state index contributed by atoms with van der Waals surface area (Å²) in [5.41, 5.74) is 3.49. The molecule has 6 heteroatoms. The number of ether oxygens (including phenoxy) is 1. The van der Waals surface area contributed by atoms with Gasteiger partial charge in [0.05, 0.1) is 0 Å². The van der Waals surface area contributed by atoms with E-state index in [1.807, 2.05) is 18.2 Å². The number of hydrogen-bond acceptors (Lipinski definition) is 5. The Morgan fingerprint density at radius 3 is 2.67 bits per heavy atom. The molecule has 1 amide bonds. The number of nitrogens with one attached hydrogen (secondary N) is 1. The third-order valence-electron chi connectivity index (χ3n) is 6.81. The third-order valence-corrected chi connectivity index (χ3v) is 6.81. The second-order valence-corrected chi connectivity index (χ2v) is 9.16. The van der Waals surface area contributed by atoms with Crippen molar-refractivity contribution in [3.8, 4) is 5.75 Å². The average Bonchev–Trinajstić information content (AvgIpc) is 3.32. The van der Waals surface area contributed by atoms with Crippen molar-refractivity contribution in [1.82, 2.24) is 10.2 Å². The van der Waals surface area contributed by atoms with E-state index in [1.165, 1.54) is 5.56 Å². The molecule has 2 aliphatic rings. The largest absolute Gasteiger partial charge is 0.481 e. The molecule has 1 fully saturated rings. The molecule has 3 aromatic rings. The van der Waals surface area contributed by atoms with Crippen LogP contribution in [0.15, 0.2) is 57.7 Å². The number of fused-ring (bicyclic) bond motifs is 3. The number of aryl methyl sites for hydroxylation is 1. The zero-order valence-corrected chi connectivity index (χ0v) is 19.0. The van der Waals surface area contributed by atoms with Crippen LogP contribution in [0.3, 0.4) is 0 Å². The van der Waals surface area contributed by atoms with Crippen molar-refractivity contribution in [2.75, 3.05) is 13.1 Å². The molecular weight excluding hydrogens is 416 g/mol. The van der Waals surface area contributed by atoms with Crippen LogP contribution < -0.4 is 15.7 Å². The Morgan fingerprint density at radius 2 is 1.88 bits per heavy atom. The monoisotopic (exact) mass is 446 g/mol. The number of piperidine rings is 1. The van der Waals surface area contributed by atoms with Crippen LogP contribution in [-0.2, 0) is 24.2 Å². The van der Waals surface area contributed by atoms with Crippen LogP contribution in [-0.4, -0.2) is 36.0 Å². The summed E-state index contributed by atoms with van der Waals surface area (Å²) in [5, 5.41) is 4.11. The lowest BCUT2D eigenvalue weighted by atomic mass is 10.0. The number of hydrogen-bond donors (Lipinski definition) is 1. The Hall–Kier alpha value is -3.12. The van der Waals surface area contributed by atoms with Crippen LogP contribution in [0.2, 0.25) is 0 Å². The second-order valence-electron chi connectivity index (χ2n) is 9.16. The van der Waals surface area contributed by atoms with E-state index in [2.05, 4.69) is 34.5 Å². The summed E-state index contributed by atoms with van der Waals surface area (Å²) < 4.78 is 11.4. The van der Waals surface area contributed by atoms with Crippen molar-refractivity contribution in [3.05, 3.63) is 75.6 Å². The highest BCUT2D eigenvalue weighted by atomic mass is 16.5. The number of rotatable bonds is 6. The van der Waals surface area contributed by atoms with Gasteiger partial charge in [0, 0.05) is 42.7 Å². The zero-order chi connectivity index (χ0) is 22.8. The molecule has 0 bridgehead atoms. The van der Waals surface area contributed by atoms with Gasteiger partial charge in [-0.2, -0.15) is 0 Å². The minimum Gasteiger partial charge on any atom is -0.481 e. The first-order chi connectivity index (χ1) is 16.1. The summed E-state index contributed by atoms with van der Waals surface area (Å²) in [6.07, 6.45) is 3.90. The molecule has 1 aromatic heterocycles. The Morgan fingerprint density at radius 1 is 1.12 bits per heavy atom. The first-order valence-electron chi connectivity index (χ1n) is 11.9. The van der Waals surface area contributed by atoms with Crippen molar-refractivity contribution in [1.29, 1.82) is 0 Å². The van der Waals surface area contributed by atoms with E-state index >= 15 is 0 Å². The predicted molar refractivity (Wildman–Crippen MR) is 127 cm³/mol. The number of benzene rings is 2. The van der Waals surface area contributed by atoms with Gasteiger partial charge in [-0.3, -0.25) is 9.69 Å². The van der Waals surface area contributed by atoms with E-state index in [9.17, 15) is 9.59 Å². The Kier molecular flexibility index (Phi) is 6.18.